The molecule has 3 aromatic rings. The number of aromatic amines is 1. The molecule has 0 amide bonds. The molecule has 1 nitrogen and oxygen atoms in total. The zero-order valence-electron chi connectivity index (χ0n) is 9.26. The molecule has 0 spiro atoms. The molecule has 0 aliphatic carbocycles. The van der Waals surface area contributed by atoms with Crippen molar-refractivity contribution >= 4 is 33.4 Å². The topological polar surface area (TPSA) is 15.8 Å². The fourth-order valence-corrected chi connectivity index (χ4v) is 2.46. The van der Waals surface area contributed by atoms with E-state index < -0.39 is 0 Å². The predicted octanol–water partition coefficient (Wildman–Crippen LogP) is 4.59. The lowest BCUT2D eigenvalue weighted by atomic mass is 10.0. The van der Waals surface area contributed by atoms with Gasteiger partial charge in [0.05, 0.1) is 0 Å². The number of aromatic nitrogens is 1. The molecule has 1 heterocycles. The summed E-state index contributed by atoms with van der Waals surface area (Å²) in [6, 6.07) is 10.3. The molecule has 1 aromatic heterocycles. The van der Waals surface area contributed by atoms with Gasteiger partial charge in [0.25, 0.3) is 0 Å². The average Bonchev–Trinajstić information content (AvgIpc) is 2.63. The van der Waals surface area contributed by atoms with Gasteiger partial charge in [-0.2, -0.15) is 0 Å². The molecular weight excluding hydrogens is 218 g/mol. The average molecular weight is 230 g/mol. The Morgan fingerprint density at radius 3 is 2.56 bits per heavy atom. The molecule has 0 saturated carbocycles. The number of hydrogen-bond donors (Lipinski definition) is 1. The van der Waals surface area contributed by atoms with Gasteiger partial charge in [-0.05, 0) is 37.1 Å². The largest absolute Gasteiger partial charge is 0.354 e. The maximum atomic E-state index is 6.01. The van der Waals surface area contributed by atoms with E-state index in [9.17, 15) is 0 Å². The van der Waals surface area contributed by atoms with Crippen LogP contribution in [0.1, 0.15) is 11.1 Å². The van der Waals surface area contributed by atoms with Crippen LogP contribution < -0.4 is 0 Å². The normalized spacial score (nSPS) is 11.4. The number of hydrogen-bond acceptors (Lipinski definition) is 0. The maximum absolute atomic E-state index is 6.01. The van der Waals surface area contributed by atoms with Gasteiger partial charge in [-0.3, -0.25) is 0 Å². The van der Waals surface area contributed by atoms with Crippen LogP contribution in [0.2, 0.25) is 5.02 Å². The second-order valence-corrected chi connectivity index (χ2v) is 4.70. The number of nitrogens with one attached hydrogen (secondary N) is 1. The van der Waals surface area contributed by atoms with Crippen LogP contribution >= 0.6 is 11.6 Å². The second-order valence-electron chi connectivity index (χ2n) is 4.26. The fourth-order valence-electron chi connectivity index (χ4n) is 2.29. The summed E-state index contributed by atoms with van der Waals surface area (Å²) in [6.45, 7) is 4.27. The lowest BCUT2D eigenvalue weighted by molar-refractivity contribution is 1.42. The molecule has 0 radical (unpaired) electrons. The molecule has 0 saturated heterocycles. The van der Waals surface area contributed by atoms with E-state index in [2.05, 4.69) is 37.0 Å². The van der Waals surface area contributed by atoms with Gasteiger partial charge in [0.1, 0.15) is 0 Å². The molecule has 2 aromatic carbocycles. The van der Waals surface area contributed by atoms with Crippen LogP contribution in [-0.2, 0) is 0 Å². The minimum atomic E-state index is 0.773. The van der Waals surface area contributed by atoms with Crippen molar-refractivity contribution in [2.45, 2.75) is 13.8 Å². The highest BCUT2D eigenvalue weighted by Gasteiger charge is 2.08. The third kappa shape index (κ3) is 1.25. The number of aryl methyl sites for hydroxylation is 2. The Hall–Kier alpha value is -1.47. The van der Waals surface area contributed by atoms with Gasteiger partial charge in [-0.25, -0.2) is 0 Å². The van der Waals surface area contributed by atoms with E-state index in [0.717, 1.165) is 10.5 Å². The first-order chi connectivity index (χ1) is 7.66. The van der Waals surface area contributed by atoms with E-state index in [1.165, 1.54) is 27.4 Å². The minimum Gasteiger partial charge on any atom is -0.354 e. The number of halogens is 1. The Labute approximate surface area is 99.0 Å². The molecule has 1 N–H and O–H groups in total. The van der Waals surface area contributed by atoms with Crippen molar-refractivity contribution < 1.29 is 0 Å². The molecule has 16 heavy (non-hydrogen) atoms. The molecule has 0 fully saturated rings. The monoisotopic (exact) mass is 229 g/mol. The van der Waals surface area contributed by atoms with Crippen molar-refractivity contribution in [2.75, 3.05) is 0 Å². The molecule has 0 atom stereocenters. The van der Waals surface area contributed by atoms with Crippen molar-refractivity contribution in [3.05, 3.63) is 46.5 Å². The number of benzene rings is 2. The molecular formula is C14H12ClN. The first-order valence-corrected chi connectivity index (χ1v) is 5.72. The van der Waals surface area contributed by atoms with Crippen molar-refractivity contribution in [2.24, 2.45) is 0 Å². The molecule has 0 unspecified atom stereocenters. The number of H-pyrrole nitrogens is 1. The van der Waals surface area contributed by atoms with Gasteiger partial charge in [-0.15, -0.1) is 0 Å². The van der Waals surface area contributed by atoms with E-state index in [-0.39, 0.29) is 0 Å². The first kappa shape index (κ1) is 9.73. The summed E-state index contributed by atoms with van der Waals surface area (Å²) in [4.78, 5) is 3.44. The van der Waals surface area contributed by atoms with E-state index in [1.807, 2.05) is 12.1 Å². The fraction of sp³-hybridized carbons (Fsp3) is 0.143. The third-order valence-corrected chi connectivity index (χ3v) is 3.37. The second kappa shape index (κ2) is 3.26. The Kier molecular flexibility index (Phi) is 1.98. The summed E-state index contributed by atoms with van der Waals surface area (Å²) in [5.74, 6) is 0. The van der Waals surface area contributed by atoms with Gasteiger partial charge in [0.15, 0.2) is 0 Å². The summed E-state index contributed by atoms with van der Waals surface area (Å²) in [6.07, 6.45) is 0. The van der Waals surface area contributed by atoms with Crippen LogP contribution in [0, 0.1) is 13.8 Å². The highest BCUT2D eigenvalue weighted by molar-refractivity contribution is 6.31. The Morgan fingerprint density at radius 2 is 1.75 bits per heavy atom. The van der Waals surface area contributed by atoms with Crippen LogP contribution in [0.3, 0.4) is 0 Å². The van der Waals surface area contributed by atoms with Crippen LogP contribution in [0.25, 0.3) is 21.8 Å². The Balaban J connectivity index is 2.60. The minimum absolute atomic E-state index is 0.773. The van der Waals surface area contributed by atoms with Gasteiger partial charge < -0.3 is 4.98 Å². The van der Waals surface area contributed by atoms with Crippen molar-refractivity contribution in [3.8, 4) is 0 Å². The predicted molar refractivity (Wildman–Crippen MR) is 70.3 cm³/mol. The SMILES string of the molecule is Cc1ccc(C)c2c1[nH]c1cc(Cl)ccc12. The smallest absolute Gasteiger partial charge is 0.0497 e. The van der Waals surface area contributed by atoms with Gasteiger partial charge in [-0.1, -0.05) is 29.8 Å². The van der Waals surface area contributed by atoms with E-state index in [0.29, 0.717) is 0 Å². The van der Waals surface area contributed by atoms with E-state index in [1.54, 1.807) is 0 Å². The van der Waals surface area contributed by atoms with Crippen molar-refractivity contribution in [1.82, 2.24) is 4.98 Å². The first-order valence-electron chi connectivity index (χ1n) is 5.34. The number of fused-ring (bicyclic) bond motifs is 3. The van der Waals surface area contributed by atoms with Gasteiger partial charge >= 0.3 is 0 Å². The summed E-state index contributed by atoms with van der Waals surface area (Å²) < 4.78 is 0. The van der Waals surface area contributed by atoms with Crippen LogP contribution in [0.15, 0.2) is 30.3 Å². The summed E-state index contributed by atoms with van der Waals surface area (Å²) in [5, 5.41) is 3.33. The van der Waals surface area contributed by atoms with Gasteiger partial charge in [0, 0.05) is 26.8 Å². The zero-order valence-corrected chi connectivity index (χ0v) is 10.0. The van der Waals surface area contributed by atoms with E-state index >= 15 is 0 Å². The third-order valence-electron chi connectivity index (χ3n) is 3.13. The molecule has 3 rings (SSSR count). The zero-order chi connectivity index (χ0) is 11.3. The van der Waals surface area contributed by atoms with E-state index in [4.69, 9.17) is 11.6 Å². The highest BCUT2D eigenvalue weighted by Crippen LogP contribution is 2.31. The van der Waals surface area contributed by atoms with Crippen molar-refractivity contribution in [1.29, 1.82) is 0 Å². The van der Waals surface area contributed by atoms with Gasteiger partial charge in [0.2, 0.25) is 0 Å². The van der Waals surface area contributed by atoms with Crippen molar-refractivity contribution in [3.63, 3.8) is 0 Å². The maximum Gasteiger partial charge on any atom is 0.0497 e. The number of rotatable bonds is 0. The Morgan fingerprint density at radius 1 is 1.00 bits per heavy atom. The summed E-state index contributed by atoms with van der Waals surface area (Å²) in [5.41, 5.74) is 4.90. The Bertz CT molecular complexity index is 695. The molecule has 0 aliphatic rings. The molecule has 2 heteroatoms. The quantitative estimate of drug-likeness (QED) is 0.580. The molecule has 0 bridgehead atoms. The van der Waals surface area contributed by atoms with Crippen LogP contribution in [0.4, 0.5) is 0 Å². The highest BCUT2D eigenvalue weighted by atomic mass is 35.5. The molecule has 0 aliphatic heterocycles. The lowest BCUT2D eigenvalue weighted by Gasteiger charge is -1.99. The van der Waals surface area contributed by atoms with Crippen LogP contribution in [0.5, 0.6) is 0 Å². The summed E-state index contributed by atoms with van der Waals surface area (Å²) in [7, 11) is 0. The van der Waals surface area contributed by atoms with Crippen LogP contribution in [-0.4, -0.2) is 4.98 Å². The lowest BCUT2D eigenvalue weighted by Crippen LogP contribution is -1.79. The molecule has 80 valence electrons. The summed E-state index contributed by atoms with van der Waals surface area (Å²) >= 11 is 6.01. The standard InChI is InChI=1S/C14H12ClN/c1-8-3-4-9(2)14-13(8)11-6-5-10(15)7-12(11)16-14/h3-7,16H,1-2H3.